The lowest BCUT2D eigenvalue weighted by atomic mass is 10.1. The molecule has 154 valence electrons. The number of hydrogen-bond acceptors (Lipinski definition) is 5. The Morgan fingerprint density at radius 3 is 1.68 bits per heavy atom. The number of anilines is 1. The molecule has 0 heterocycles. The SMILES string of the molecule is CCN(CC)c1ccc(N=Nc2ccc(N=Nc3cccc4ccccc34)cc2)cc1. The van der Waals surface area contributed by atoms with E-state index in [0.717, 1.165) is 46.6 Å². The minimum Gasteiger partial charge on any atom is -0.372 e. The van der Waals surface area contributed by atoms with Gasteiger partial charge >= 0.3 is 0 Å². The lowest BCUT2D eigenvalue weighted by Crippen LogP contribution is -2.21. The van der Waals surface area contributed by atoms with Crippen LogP contribution in [0.15, 0.2) is 111 Å². The summed E-state index contributed by atoms with van der Waals surface area (Å²) in [6.07, 6.45) is 0. The first-order valence-electron chi connectivity index (χ1n) is 10.5. The van der Waals surface area contributed by atoms with Crippen molar-refractivity contribution in [1.29, 1.82) is 0 Å². The summed E-state index contributed by atoms with van der Waals surface area (Å²) in [5.74, 6) is 0. The summed E-state index contributed by atoms with van der Waals surface area (Å²) in [5, 5.41) is 19.7. The van der Waals surface area contributed by atoms with Gasteiger partial charge in [0.05, 0.1) is 22.7 Å². The highest BCUT2D eigenvalue weighted by Gasteiger charge is 2.01. The van der Waals surface area contributed by atoms with Crippen LogP contribution in [0.25, 0.3) is 10.8 Å². The van der Waals surface area contributed by atoms with Gasteiger partial charge in [-0.15, -0.1) is 5.11 Å². The molecule has 4 aromatic carbocycles. The van der Waals surface area contributed by atoms with Gasteiger partial charge in [0.2, 0.25) is 0 Å². The van der Waals surface area contributed by atoms with E-state index in [9.17, 15) is 0 Å². The first-order valence-corrected chi connectivity index (χ1v) is 10.5. The summed E-state index contributed by atoms with van der Waals surface area (Å²) < 4.78 is 0. The minimum absolute atomic E-state index is 0.774. The van der Waals surface area contributed by atoms with Crippen LogP contribution in [0.3, 0.4) is 0 Å². The predicted molar refractivity (Wildman–Crippen MR) is 129 cm³/mol. The number of nitrogens with zero attached hydrogens (tertiary/aromatic N) is 5. The molecule has 5 nitrogen and oxygen atoms in total. The Balaban J connectivity index is 1.44. The highest BCUT2D eigenvalue weighted by atomic mass is 15.1. The zero-order valence-corrected chi connectivity index (χ0v) is 17.8. The molecule has 0 amide bonds. The topological polar surface area (TPSA) is 52.7 Å². The van der Waals surface area contributed by atoms with Crippen molar-refractivity contribution >= 4 is 39.2 Å². The summed E-state index contributed by atoms with van der Waals surface area (Å²) >= 11 is 0. The van der Waals surface area contributed by atoms with E-state index in [-0.39, 0.29) is 0 Å². The van der Waals surface area contributed by atoms with Gasteiger partial charge in [-0.25, -0.2) is 0 Å². The molecule has 0 bridgehead atoms. The number of hydrogen-bond donors (Lipinski definition) is 0. The lowest BCUT2D eigenvalue weighted by molar-refractivity contribution is 0.866. The molecule has 0 atom stereocenters. The van der Waals surface area contributed by atoms with Crippen LogP contribution in [0, 0.1) is 0 Å². The van der Waals surface area contributed by atoms with Crippen LogP contribution in [-0.2, 0) is 0 Å². The fourth-order valence-corrected chi connectivity index (χ4v) is 3.43. The highest BCUT2D eigenvalue weighted by molar-refractivity contribution is 5.92. The Hall–Kier alpha value is -3.86. The van der Waals surface area contributed by atoms with Gasteiger partial charge in [-0.05, 0) is 73.8 Å². The predicted octanol–water partition coefficient (Wildman–Crippen LogP) is 8.52. The molecule has 0 aliphatic carbocycles. The molecule has 31 heavy (non-hydrogen) atoms. The van der Waals surface area contributed by atoms with Crippen LogP contribution < -0.4 is 4.90 Å². The molecule has 0 saturated heterocycles. The third kappa shape index (κ3) is 5.01. The molecule has 0 spiro atoms. The van der Waals surface area contributed by atoms with Crippen LogP contribution in [0.2, 0.25) is 0 Å². The fourth-order valence-electron chi connectivity index (χ4n) is 3.43. The van der Waals surface area contributed by atoms with Crippen molar-refractivity contribution < 1.29 is 0 Å². The average Bonchev–Trinajstić information content (AvgIpc) is 2.83. The van der Waals surface area contributed by atoms with Crippen molar-refractivity contribution in [1.82, 2.24) is 0 Å². The van der Waals surface area contributed by atoms with Crippen LogP contribution in [-0.4, -0.2) is 13.1 Å². The average molecular weight is 408 g/mol. The molecular weight excluding hydrogens is 382 g/mol. The van der Waals surface area contributed by atoms with Gasteiger partial charge in [-0.1, -0.05) is 36.4 Å². The molecule has 5 heteroatoms. The third-order valence-electron chi connectivity index (χ3n) is 5.15. The zero-order chi connectivity index (χ0) is 21.5. The van der Waals surface area contributed by atoms with Gasteiger partial charge in [0, 0.05) is 24.2 Å². The van der Waals surface area contributed by atoms with E-state index in [2.05, 4.69) is 69.5 Å². The van der Waals surface area contributed by atoms with E-state index in [1.807, 2.05) is 60.7 Å². The second-order valence-corrected chi connectivity index (χ2v) is 7.10. The van der Waals surface area contributed by atoms with Crippen molar-refractivity contribution in [3.63, 3.8) is 0 Å². The number of benzene rings is 4. The normalized spacial score (nSPS) is 11.5. The number of fused-ring (bicyclic) bond motifs is 1. The molecule has 0 unspecified atom stereocenters. The van der Waals surface area contributed by atoms with Gasteiger partial charge in [0.1, 0.15) is 0 Å². The van der Waals surface area contributed by atoms with E-state index >= 15 is 0 Å². The van der Waals surface area contributed by atoms with E-state index in [1.165, 1.54) is 5.69 Å². The van der Waals surface area contributed by atoms with Crippen LogP contribution in [0.5, 0.6) is 0 Å². The van der Waals surface area contributed by atoms with E-state index in [4.69, 9.17) is 0 Å². The largest absolute Gasteiger partial charge is 0.372 e. The van der Waals surface area contributed by atoms with E-state index < -0.39 is 0 Å². The maximum absolute atomic E-state index is 4.43. The third-order valence-corrected chi connectivity index (χ3v) is 5.15. The quantitative estimate of drug-likeness (QED) is 0.283. The Morgan fingerprint density at radius 2 is 1.06 bits per heavy atom. The Morgan fingerprint density at radius 1 is 0.548 bits per heavy atom. The summed E-state index contributed by atoms with van der Waals surface area (Å²) in [5.41, 5.74) is 4.43. The van der Waals surface area contributed by atoms with Gasteiger partial charge in [-0.2, -0.15) is 15.3 Å². The molecule has 0 aliphatic heterocycles. The van der Waals surface area contributed by atoms with E-state index in [0.29, 0.717) is 0 Å². The first-order chi connectivity index (χ1) is 15.3. The molecule has 0 radical (unpaired) electrons. The second kappa shape index (κ2) is 9.76. The number of azo groups is 2. The molecule has 0 aliphatic rings. The smallest absolute Gasteiger partial charge is 0.0935 e. The summed E-state index contributed by atoms with van der Waals surface area (Å²) in [6.45, 7) is 6.29. The molecule has 0 aromatic heterocycles. The Kier molecular flexibility index (Phi) is 6.43. The summed E-state index contributed by atoms with van der Waals surface area (Å²) in [4.78, 5) is 2.30. The van der Waals surface area contributed by atoms with Gasteiger partial charge in [0.25, 0.3) is 0 Å². The lowest BCUT2D eigenvalue weighted by Gasteiger charge is -2.20. The monoisotopic (exact) mass is 407 g/mol. The molecule has 0 saturated carbocycles. The van der Waals surface area contributed by atoms with Gasteiger partial charge in [-0.3, -0.25) is 0 Å². The van der Waals surface area contributed by atoms with E-state index in [1.54, 1.807) is 0 Å². The maximum atomic E-state index is 4.43. The molecule has 0 fully saturated rings. The fraction of sp³-hybridized carbons (Fsp3) is 0.154. The zero-order valence-electron chi connectivity index (χ0n) is 17.8. The Labute approximate surface area is 182 Å². The minimum atomic E-state index is 0.774. The van der Waals surface area contributed by atoms with Gasteiger partial charge < -0.3 is 4.90 Å². The highest BCUT2D eigenvalue weighted by Crippen LogP contribution is 2.28. The molecular formula is C26H25N5. The standard InChI is InChI=1S/C26H25N5/c1-3-31(4-2)24-18-16-23(17-19-24)28-27-21-12-14-22(15-13-21)29-30-26-11-7-9-20-8-5-6-10-25(20)26/h5-19H,3-4H2,1-2H3. The van der Waals surface area contributed by atoms with Gasteiger partial charge in [0.15, 0.2) is 0 Å². The van der Waals surface area contributed by atoms with Crippen molar-refractivity contribution in [2.24, 2.45) is 20.5 Å². The first kappa shape index (κ1) is 20.4. The van der Waals surface area contributed by atoms with Crippen molar-refractivity contribution in [3.05, 3.63) is 91.0 Å². The molecule has 0 N–H and O–H groups in total. The summed E-state index contributed by atoms with van der Waals surface area (Å²) in [7, 11) is 0. The van der Waals surface area contributed by atoms with Crippen LogP contribution >= 0.6 is 0 Å². The van der Waals surface area contributed by atoms with Crippen molar-refractivity contribution in [2.75, 3.05) is 18.0 Å². The van der Waals surface area contributed by atoms with Crippen molar-refractivity contribution in [2.45, 2.75) is 13.8 Å². The molecule has 4 rings (SSSR count). The maximum Gasteiger partial charge on any atom is 0.0935 e. The van der Waals surface area contributed by atoms with Crippen LogP contribution in [0.1, 0.15) is 13.8 Å². The van der Waals surface area contributed by atoms with Crippen molar-refractivity contribution in [3.8, 4) is 0 Å². The summed E-state index contributed by atoms with van der Waals surface area (Å²) in [6, 6.07) is 29.9. The molecule has 4 aromatic rings. The van der Waals surface area contributed by atoms with Crippen LogP contribution in [0.4, 0.5) is 28.4 Å². The number of rotatable bonds is 7. The Bertz CT molecular complexity index is 1190. The second-order valence-electron chi connectivity index (χ2n) is 7.10.